The number of nitrogens with two attached hydrogens (primary N) is 1. The van der Waals surface area contributed by atoms with Gasteiger partial charge in [0.15, 0.2) is 0 Å². The Balaban J connectivity index is 1.88. The SMILES string of the molecule is NCCC(C(=O)N1CCCCCC1c1ccncc1)c1cn[nH]c1. The predicted molar refractivity (Wildman–Crippen MR) is 92.2 cm³/mol. The lowest BCUT2D eigenvalue weighted by Gasteiger charge is -2.33. The van der Waals surface area contributed by atoms with Gasteiger partial charge in [-0.15, -0.1) is 0 Å². The highest BCUT2D eigenvalue weighted by atomic mass is 16.2. The van der Waals surface area contributed by atoms with Crippen LogP contribution in [0.1, 0.15) is 55.2 Å². The number of amides is 1. The van der Waals surface area contributed by atoms with E-state index in [0.717, 1.165) is 31.4 Å². The number of nitrogens with zero attached hydrogens (tertiary/aromatic N) is 3. The Morgan fingerprint density at radius 1 is 1.33 bits per heavy atom. The summed E-state index contributed by atoms with van der Waals surface area (Å²) in [5, 5.41) is 6.82. The summed E-state index contributed by atoms with van der Waals surface area (Å²) in [6, 6.07) is 4.16. The first-order valence-electron chi connectivity index (χ1n) is 8.70. The molecule has 1 fully saturated rings. The van der Waals surface area contributed by atoms with Gasteiger partial charge in [0.05, 0.1) is 18.2 Å². The van der Waals surface area contributed by atoms with Gasteiger partial charge in [0.25, 0.3) is 0 Å². The van der Waals surface area contributed by atoms with Gasteiger partial charge in [-0.05, 0) is 43.5 Å². The van der Waals surface area contributed by atoms with Gasteiger partial charge in [-0.3, -0.25) is 14.9 Å². The second-order valence-electron chi connectivity index (χ2n) is 6.34. The van der Waals surface area contributed by atoms with E-state index in [1.165, 1.54) is 12.0 Å². The van der Waals surface area contributed by atoms with Crippen molar-refractivity contribution in [2.45, 2.75) is 44.1 Å². The molecule has 128 valence electrons. The number of hydrogen-bond donors (Lipinski definition) is 2. The van der Waals surface area contributed by atoms with E-state index in [-0.39, 0.29) is 17.9 Å². The molecule has 6 nitrogen and oxygen atoms in total. The Morgan fingerprint density at radius 2 is 2.17 bits per heavy atom. The van der Waals surface area contributed by atoms with Crippen LogP contribution in [0.15, 0.2) is 36.9 Å². The zero-order valence-corrected chi connectivity index (χ0v) is 13.9. The third-order valence-electron chi connectivity index (χ3n) is 4.80. The van der Waals surface area contributed by atoms with E-state index in [4.69, 9.17) is 5.73 Å². The van der Waals surface area contributed by atoms with Gasteiger partial charge >= 0.3 is 0 Å². The maximum Gasteiger partial charge on any atom is 0.230 e. The van der Waals surface area contributed by atoms with Crippen molar-refractivity contribution in [2.75, 3.05) is 13.1 Å². The number of H-pyrrole nitrogens is 1. The number of aromatic nitrogens is 3. The minimum absolute atomic E-state index is 0.121. The lowest BCUT2D eigenvalue weighted by atomic mass is 9.94. The van der Waals surface area contributed by atoms with Gasteiger partial charge in [0.1, 0.15) is 0 Å². The fraction of sp³-hybridized carbons (Fsp3) is 0.500. The maximum absolute atomic E-state index is 13.3. The predicted octanol–water partition coefficient (Wildman–Crippen LogP) is 2.38. The maximum atomic E-state index is 13.3. The molecular weight excluding hydrogens is 302 g/mol. The Kier molecular flexibility index (Phi) is 5.59. The van der Waals surface area contributed by atoms with Crippen molar-refractivity contribution in [3.63, 3.8) is 0 Å². The summed E-state index contributed by atoms with van der Waals surface area (Å²) in [5.41, 5.74) is 7.86. The summed E-state index contributed by atoms with van der Waals surface area (Å²) >= 11 is 0. The molecule has 1 aliphatic heterocycles. The second-order valence-corrected chi connectivity index (χ2v) is 6.34. The molecule has 24 heavy (non-hydrogen) atoms. The molecule has 0 aromatic carbocycles. The van der Waals surface area contributed by atoms with E-state index in [9.17, 15) is 4.79 Å². The highest BCUT2D eigenvalue weighted by Crippen LogP contribution is 2.33. The van der Waals surface area contributed by atoms with E-state index in [2.05, 4.69) is 20.1 Å². The first-order valence-corrected chi connectivity index (χ1v) is 8.70. The van der Waals surface area contributed by atoms with Crippen LogP contribution < -0.4 is 5.73 Å². The molecule has 3 N–H and O–H groups in total. The molecule has 6 heteroatoms. The van der Waals surface area contributed by atoms with Crippen LogP contribution in [0.3, 0.4) is 0 Å². The van der Waals surface area contributed by atoms with Crippen molar-refractivity contribution < 1.29 is 4.79 Å². The Bertz CT molecular complexity index is 628. The Hall–Kier alpha value is -2.21. The molecule has 2 unspecified atom stereocenters. The molecule has 0 saturated carbocycles. The number of carbonyl (C=O) groups excluding carboxylic acids is 1. The lowest BCUT2D eigenvalue weighted by molar-refractivity contribution is -0.135. The highest BCUT2D eigenvalue weighted by molar-refractivity contribution is 5.84. The third-order valence-corrected chi connectivity index (χ3v) is 4.80. The standard InChI is InChI=1S/C18H25N5O/c19-8-5-16(15-12-21-22-13-15)18(24)23-11-3-1-2-4-17(23)14-6-9-20-10-7-14/h6-7,9-10,12-13,16-17H,1-5,8,11,19H2,(H,21,22). The largest absolute Gasteiger partial charge is 0.335 e. The molecule has 0 aliphatic carbocycles. The van der Waals surface area contributed by atoms with Crippen LogP contribution in [-0.2, 0) is 4.79 Å². The number of hydrogen-bond acceptors (Lipinski definition) is 4. The lowest BCUT2D eigenvalue weighted by Crippen LogP contribution is -2.38. The molecule has 3 heterocycles. The van der Waals surface area contributed by atoms with Crippen molar-refractivity contribution in [3.8, 4) is 0 Å². The Morgan fingerprint density at radius 3 is 2.88 bits per heavy atom. The van der Waals surface area contributed by atoms with E-state index >= 15 is 0 Å². The summed E-state index contributed by atoms with van der Waals surface area (Å²) in [5.74, 6) is -0.0678. The smallest absolute Gasteiger partial charge is 0.230 e. The van der Waals surface area contributed by atoms with Crippen LogP contribution >= 0.6 is 0 Å². The van der Waals surface area contributed by atoms with E-state index in [1.807, 2.05) is 12.1 Å². The van der Waals surface area contributed by atoms with Gasteiger partial charge in [-0.2, -0.15) is 5.10 Å². The van der Waals surface area contributed by atoms with E-state index < -0.39 is 0 Å². The number of pyridine rings is 1. The zero-order valence-electron chi connectivity index (χ0n) is 13.9. The number of nitrogens with one attached hydrogen (secondary N) is 1. The number of rotatable bonds is 5. The van der Waals surface area contributed by atoms with Gasteiger partial charge in [0.2, 0.25) is 5.91 Å². The number of likely N-dealkylation sites (tertiary alicyclic amines) is 1. The molecule has 0 spiro atoms. The van der Waals surface area contributed by atoms with E-state index in [0.29, 0.717) is 13.0 Å². The zero-order chi connectivity index (χ0) is 16.8. The van der Waals surface area contributed by atoms with Crippen molar-refractivity contribution in [1.82, 2.24) is 20.1 Å². The first kappa shape index (κ1) is 16.6. The van der Waals surface area contributed by atoms with Gasteiger partial charge in [0, 0.05) is 30.7 Å². The van der Waals surface area contributed by atoms with Gasteiger partial charge in [-0.25, -0.2) is 0 Å². The van der Waals surface area contributed by atoms with Gasteiger partial charge in [-0.1, -0.05) is 12.8 Å². The summed E-state index contributed by atoms with van der Waals surface area (Å²) in [7, 11) is 0. The minimum Gasteiger partial charge on any atom is -0.335 e. The molecule has 1 amide bonds. The molecule has 2 atom stereocenters. The normalized spacial score (nSPS) is 19.7. The summed E-state index contributed by atoms with van der Waals surface area (Å²) in [6.07, 6.45) is 12.1. The molecule has 1 aliphatic rings. The topological polar surface area (TPSA) is 87.9 Å². The molecule has 0 radical (unpaired) electrons. The van der Waals surface area contributed by atoms with Crippen LogP contribution in [0.2, 0.25) is 0 Å². The van der Waals surface area contributed by atoms with E-state index in [1.54, 1.807) is 24.8 Å². The van der Waals surface area contributed by atoms with Gasteiger partial charge < -0.3 is 10.6 Å². The monoisotopic (exact) mass is 327 g/mol. The number of carbonyl (C=O) groups is 1. The minimum atomic E-state index is -0.226. The van der Waals surface area contributed by atoms with Crippen LogP contribution in [0.5, 0.6) is 0 Å². The van der Waals surface area contributed by atoms with Crippen LogP contribution in [0.4, 0.5) is 0 Å². The molecule has 2 aromatic rings. The molecule has 1 saturated heterocycles. The molecular formula is C18H25N5O. The van der Waals surface area contributed by atoms with Crippen molar-refractivity contribution in [3.05, 3.63) is 48.0 Å². The molecule has 2 aromatic heterocycles. The fourth-order valence-electron chi connectivity index (χ4n) is 3.56. The van der Waals surface area contributed by atoms with Crippen molar-refractivity contribution >= 4 is 5.91 Å². The first-order chi connectivity index (χ1) is 11.8. The summed E-state index contributed by atoms with van der Waals surface area (Å²) < 4.78 is 0. The fourth-order valence-corrected chi connectivity index (χ4v) is 3.56. The Labute approximate surface area is 142 Å². The average molecular weight is 327 g/mol. The van der Waals surface area contributed by atoms with Crippen LogP contribution in [0, 0.1) is 0 Å². The highest BCUT2D eigenvalue weighted by Gasteiger charge is 2.32. The number of aromatic amines is 1. The molecule has 0 bridgehead atoms. The quantitative estimate of drug-likeness (QED) is 0.882. The molecule has 3 rings (SSSR count). The summed E-state index contributed by atoms with van der Waals surface area (Å²) in [6.45, 7) is 1.28. The average Bonchev–Trinajstić information content (AvgIpc) is 3.03. The summed E-state index contributed by atoms with van der Waals surface area (Å²) in [4.78, 5) is 19.5. The second kappa shape index (κ2) is 8.06. The van der Waals surface area contributed by atoms with Crippen molar-refractivity contribution in [2.24, 2.45) is 5.73 Å². The van der Waals surface area contributed by atoms with Crippen LogP contribution in [0.25, 0.3) is 0 Å². The van der Waals surface area contributed by atoms with Crippen LogP contribution in [-0.4, -0.2) is 39.1 Å². The third kappa shape index (κ3) is 3.64. The van der Waals surface area contributed by atoms with Crippen molar-refractivity contribution in [1.29, 1.82) is 0 Å².